The molecule has 7 heteroatoms. The van der Waals surface area contributed by atoms with Gasteiger partial charge >= 0.3 is 0 Å². The first-order valence-corrected chi connectivity index (χ1v) is 7.44. The highest BCUT2D eigenvalue weighted by atomic mass is 19.1. The van der Waals surface area contributed by atoms with E-state index in [1.54, 1.807) is 18.2 Å². The minimum Gasteiger partial charge on any atom is -0.341 e. The number of benzene rings is 1. The summed E-state index contributed by atoms with van der Waals surface area (Å²) < 4.78 is 13.7. The van der Waals surface area contributed by atoms with Crippen LogP contribution in [-0.2, 0) is 11.3 Å². The first kappa shape index (κ1) is 14.6. The van der Waals surface area contributed by atoms with Gasteiger partial charge < -0.3 is 4.90 Å². The average Bonchev–Trinajstić information content (AvgIpc) is 2.96. The zero-order valence-corrected chi connectivity index (χ0v) is 12.4. The van der Waals surface area contributed by atoms with Gasteiger partial charge in [-0.15, -0.1) is 10.2 Å². The Hall–Kier alpha value is -2.31. The summed E-state index contributed by atoms with van der Waals surface area (Å²) in [6.45, 7) is 3.78. The van der Waals surface area contributed by atoms with Gasteiger partial charge in [0.15, 0.2) is 0 Å². The van der Waals surface area contributed by atoms with E-state index in [4.69, 9.17) is 0 Å². The molecule has 2 heterocycles. The van der Waals surface area contributed by atoms with Crippen LogP contribution >= 0.6 is 0 Å². The van der Waals surface area contributed by atoms with Crippen LogP contribution in [0.5, 0.6) is 0 Å². The van der Waals surface area contributed by atoms with Crippen molar-refractivity contribution in [2.24, 2.45) is 5.92 Å². The molecule has 1 aliphatic heterocycles. The molecule has 0 N–H and O–H groups in total. The molecule has 0 bridgehead atoms. The molecule has 116 valence electrons. The molecule has 0 saturated carbocycles. The molecule has 0 aliphatic carbocycles. The molecule has 1 fully saturated rings. The standard InChI is InChI=1S/C15H18FN5O/c1-11-6-8-20(9-7-11)14(22)10-21-18-15(17-19-21)12-4-2-3-5-13(12)16/h2-5,11H,6-10H2,1H3. The highest BCUT2D eigenvalue weighted by Crippen LogP contribution is 2.18. The van der Waals surface area contributed by atoms with E-state index in [0.29, 0.717) is 5.92 Å². The second-order valence-corrected chi connectivity index (χ2v) is 5.69. The summed E-state index contributed by atoms with van der Waals surface area (Å²) in [5.74, 6) is 0.433. The van der Waals surface area contributed by atoms with Crippen LogP contribution in [0, 0.1) is 11.7 Å². The third-order valence-electron chi connectivity index (χ3n) is 3.98. The quantitative estimate of drug-likeness (QED) is 0.866. The van der Waals surface area contributed by atoms with Gasteiger partial charge in [-0.05, 0) is 36.1 Å². The fraction of sp³-hybridized carbons (Fsp3) is 0.467. The molecule has 3 rings (SSSR count). The third-order valence-corrected chi connectivity index (χ3v) is 3.98. The van der Waals surface area contributed by atoms with E-state index in [0.717, 1.165) is 25.9 Å². The summed E-state index contributed by atoms with van der Waals surface area (Å²) in [6, 6.07) is 6.24. The van der Waals surface area contributed by atoms with E-state index in [-0.39, 0.29) is 23.8 Å². The summed E-state index contributed by atoms with van der Waals surface area (Å²) in [5, 5.41) is 11.8. The highest BCUT2D eigenvalue weighted by molar-refractivity contribution is 5.75. The number of rotatable bonds is 3. The smallest absolute Gasteiger partial charge is 0.246 e. The average molecular weight is 303 g/mol. The predicted octanol–water partition coefficient (Wildman–Crippen LogP) is 1.74. The topological polar surface area (TPSA) is 63.9 Å². The van der Waals surface area contributed by atoms with Crippen LogP contribution in [0.3, 0.4) is 0 Å². The number of tetrazole rings is 1. The van der Waals surface area contributed by atoms with E-state index < -0.39 is 5.82 Å². The monoisotopic (exact) mass is 303 g/mol. The van der Waals surface area contributed by atoms with Crippen molar-refractivity contribution >= 4 is 5.91 Å². The number of amides is 1. The van der Waals surface area contributed by atoms with Crippen LogP contribution in [0.15, 0.2) is 24.3 Å². The van der Waals surface area contributed by atoms with Gasteiger partial charge in [-0.1, -0.05) is 19.1 Å². The van der Waals surface area contributed by atoms with Gasteiger partial charge in [-0.2, -0.15) is 4.80 Å². The van der Waals surface area contributed by atoms with Crippen molar-refractivity contribution in [3.63, 3.8) is 0 Å². The SMILES string of the molecule is CC1CCN(C(=O)Cn2nnc(-c3ccccc3F)n2)CC1. The van der Waals surface area contributed by atoms with Gasteiger partial charge in [0.05, 0.1) is 5.56 Å². The largest absolute Gasteiger partial charge is 0.341 e. The highest BCUT2D eigenvalue weighted by Gasteiger charge is 2.21. The Kier molecular flexibility index (Phi) is 4.13. The predicted molar refractivity (Wildman–Crippen MR) is 78.2 cm³/mol. The molecule has 0 atom stereocenters. The Morgan fingerprint density at radius 3 is 2.77 bits per heavy atom. The molecule has 0 radical (unpaired) electrons. The molecule has 1 aromatic heterocycles. The summed E-state index contributed by atoms with van der Waals surface area (Å²) >= 11 is 0. The molecular formula is C15H18FN5O. The Labute approximate surface area is 127 Å². The van der Waals surface area contributed by atoms with Crippen molar-refractivity contribution in [3.8, 4) is 11.4 Å². The number of carbonyl (C=O) groups excluding carboxylic acids is 1. The van der Waals surface area contributed by atoms with Crippen molar-refractivity contribution in [1.29, 1.82) is 0 Å². The van der Waals surface area contributed by atoms with Gasteiger partial charge in [0, 0.05) is 13.1 Å². The molecule has 2 aromatic rings. The Morgan fingerprint density at radius 2 is 2.05 bits per heavy atom. The molecule has 22 heavy (non-hydrogen) atoms. The second kappa shape index (κ2) is 6.21. The first-order valence-electron chi connectivity index (χ1n) is 7.44. The van der Waals surface area contributed by atoms with Crippen LogP contribution in [0.1, 0.15) is 19.8 Å². The van der Waals surface area contributed by atoms with E-state index in [9.17, 15) is 9.18 Å². The summed E-state index contributed by atoms with van der Waals surface area (Å²) in [6.07, 6.45) is 2.05. The first-order chi connectivity index (χ1) is 10.6. The minimum atomic E-state index is -0.404. The lowest BCUT2D eigenvalue weighted by molar-refractivity contribution is -0.133. The molecule has 0 spiro atoms. The van der Waals surface area contributed by atoms with Gasteiger partial charge in [0.25, 0.3) is 0 Å². The lowest BCUT2D eigenvalue weighted by atomic mass is 9.99. The zero-order chi connectivity index (χ0) is 15.5. The van der Waals surface area contributed by atoms with Crippen LogP contribution < -0.4 is 0 Å². The van der Waals surface area contributed by atoms with Crippen molar-refractivity contribution in [3.05, 3.63) is 30.1 Å². The third kappa shape index (κ3) is 3.13. The molecule has 0 unspecified atom stereocenters. The number of halogens is 1. The van der Waals surface area contributed by atoms with E-state index >= 15 is 0 Å². The number of carbonyl (C=O) groups is 1. The fourth-order valence-corrected chi connectivity index (χ4v) is 2.54. The normalized spacial score (nSPS) is 16.0. The lowest BCUT2D eigenvalue weighted by Gasteiger charge is -2.30. The molecule has 1 aromatic carbocycles. The fourth-order valence-electron chi connectivity index (χ4n) is 2.54. The Morgan fingerprint density at radius 1 is 1.32 bits per heavy atom. The van der Waals surface area contributed by atoms with Crippen LogP contribution in [0.4, 0.5) is 4.39 Å². The number of hydrogen-bond acceptors (Lipinski definition) is 4. The molecule has 1 saturated heterocycles. The van der Waals surface area contributed by atoms with E-state index in [2.05, 4.69) is 22.3 Å². The van der Waals surface area contributed by atoms with Crippen molar-refractivity contribution < 1.29 is 9.18 Å². The number of likely N-dealkylation sites (tertiary alicyclic amines) is 1. The summed E-state index contributed by atoms with van der Waals surface area (Å²) in [7, 11) is 0. The minimum absolute atomic E-state index is 0.0237. The summed E-state index contributed by atoms with van der Waals surface area (Å²) in [5.41, 5.74) is 0.285. The van der Waals surface area contributed by atoms with Crippen molar-refractivity contribution in [2.45, 2.75) is 26.3 Å². The number of piperidine rings is 1. The van der Waals surface area contributed by atoms with Crippen molar-refractivity contribution in [1.82, 2.24) is 25.1 Å². The van der Waals surface area contributed by atoms with Gasteiger partial charge in [-0.25, -0.2) is 4.39 Å². The molecule has 1 amide bonds. The van der Waals surface area contributed by atoms with Gasteiger partial charge in [0.2, 0.25) is 11.7 Å². The number of aromatic nitrogens is 4. The number of nitrogens with zero attached hydrogens (tertiary/aromatic N) is 5. The zero-order valence-electron chi connectivity index (χ0n) is 12.4. The van der Waals surface area contributed by atoms with Crippen LogP contribution in [0.25, 0.3) is 11.4 Å². The molecule has 1 aliphatic rings. The summed E-state index contributed by atoms with van der Waals surface area (Å²) in [4.78, 5) is 15.3. The number of hydrogen-bond donors (Lipinski definition) is 0. The lowest BCUT2D eigenvalue weighted by Crippen LogP contribution is -2.40. The Bertz CT molecular complexity index is 663. The maximum absolute atomic E-state index is 13.7. The van der Waals surface area contributed by atoms with Crippen molar-refractivity contribution in [2.75, 3.05) is 13.1 Å². The van der Waals surface area contributed by atoms with E-state index in [1.165, 1.54) is 10.9 Å². The van der Waals surface area contributed by atoms with Gasteiger partial charge in [-0.3, -0.25) is 4.79 Å². The van der Waals surface area contributed by atoms with Gasteiger partial charge in [0.1, 0.15) is 12.4 Å². The second-order valence-electron chi connectivity index (χ2n) is 5.69. The Balaban J connectivity index is 1.67. The van der Waals surface area contributed by atoms with Crippen LogP contribution in [-0.4, -0.2) is 44.1 Å². The van der Waals surface area contributed by atoms with E-state index in [1.807, 2.05) is 4.90 Å². The molecule has 6 nitrogen and oxygen atoms in total. The molecular weight excluding hydrogens is 285 g/mol. The maximum atomic E-state index is 13.7. The maximum Gasteiger partial charge on any atom is 0.246 e. The van der Waals surface area contributed by atoms with Crippen LogP contribution in [0.2, 0.25) is 0 Å².